The first-order chi connectivity index (χ1) is 11.0. The molecule has 0 aromatic carbocycles. The minimum absolute atomic E-state index is 0.0192. The largest absolute Gasteiger partial charge is 0.481 e. The number of nitrogens with one attached hydrogen (secondary N) is 2. The molecule has 1 aromatic heterocycles. The van der Waals surface area contributed by atoms with Crippen molar-refractivity contribution >= 4 is 12.0 Å². The van der Waals surface area contributed by atoms with Gasteiger partial charge < -0.3 is 35.9 Å². The number of piperazine rings is 1. The maximum Gasteiger partial charge on any atom is 0.318 e. The van der Waals surface area contributed by atoms with Crippen molar-refractivity contribution in [3.63, 3.8) is 0 Å². The normalized spacial score (nSPS) is 17.6. The van der Waals surface area contributed by atoms with Crippen molar-refractivity contribution in [3.8, 4) is 0 Å². The van der Waals surface area contributed by atoms with E-state index >= 15 is 0 Å². The molecule has 0 bridgehead atoms. The molecule has 1 fully saturated rings. The number of nitrogens with zero attached hydrogens (tertiary/aromatic N) is 3. The van der Waals surface area contributed by atoms with Crippen LogP contribution >= 0.6 is 0 Å². The zero-order chi connectivity index (χ0) is 16.8. The van der Waals surface area contributed by atoms with Crippen LogP contribution in [0.3, 0.4) is 0 Å². The van der Waals surface area contributed by atoms with Gasteiger partial charge in [0.05, 0.1) is 13.0 Å². The van der Waals surface area contributed by atoms with Gasteiger partial charge in [-0.05, 0) is 0 Å². The van der Waals surface area contributed by atoms with Crippen LogP contribution in [0.1, 0.15) is 30.3 Å². The van der Waals surface area contributed by atoms with Crippen molar-refractivity contribution < 1.29 is 24.2 Å². The van der Waals surface area contributed by atoms with Gasteiger partial charge in [0.2, 0.25) is 11.8 Å². The molecule has 6 N–H and O–H groups in total. The first-order valence-electron chi connectivity index (χ1n) is 7.19. The van der Waals surface area contributed by atoms with E-state index in [2.05, 4.69) is 20.8 Å². The molecule has 0 radical (unpaired) electrons. The molecule has 0 aliphatic carbocycles. The van der Waals surface area contributed by atoms with Crippen molar-refractivity contribution in [2.45, 2.75) is 18.5 Å². The van der Waals surface area contributed by atoms with E-state index in [1.54, 1.807) is 4.90 Å². The van der Waals surface area contributed by atoms with Gasteiger partial charge in [-0.1, -0.05) is 0 Å². The summed E-state index contributed by atoms with van der Waals surface area (Å²) >= 11 is 0. The second kappa shape index (κ2) is 7.85. The zero-order valence-corrected chi connectivity index (χ0v) is 12.4. The Bertz CT molecular complexity index is 544. The highest BCUT2D eigenvalue weighted by Gasteiger charge is 2.27. The number of aliphatic carboxylic acids is 1. The van der Waals surface area contributed by atoms with E-state index in [9.17, 15) is 9.59 Å². The number of carboxylic acid groups (broad SMARTS) is 1. The summed E-state index contributed by atoms with van der Waals surface area (Å²) in [5.74, 6) is -1.20. The van der Waals surface area contributed by atoms with E-state index in [4.69, 9.17) is 20.4 Å². The van der Waals surface area contributed by atoms with Gasteiger partial charge >= 0.3 is 12.0 Å². The molecule has 1 aromatic rings. The minimum atomic E-state index is -1.12. The number of carbonyl (C=O) groups is 2. The predicted octanol–water partition coefficient (Wildman–Crippen LogP) is -1.81. The molecule has 23 heavy (non-hydrogen) atoms. The fourth-order valence-electron chi connectivity index (χ4n) is 2.10. The van der Waals surface area contributed by atoms with Crippen LogP contribution < -0.4 is 16.4 Å². The zero-order valence-electron chi connectivity index (χ0n) is 12.4. The van der Waals surface area contributed by atoms with Crippen LogP contribution in [0.5, 0.6) is 0 Å². The number of aliphatic hydroxyl groups is 1. The summed E-state index contributed by atoms with van der Waals surface area (Å²) in [5.41, 5.74) is 5.56. The number of amides is 2. The first kappa shape index (κ1) is 17.1. The fourth-order valence-corrected chi connectivity index (χ4v) is 2.10. The molecule has 1 saturated heterocycles. The van der Waals surface area contributed by atoms with E-state index in [1.165, 1.54) is 0 Å². The van der Waals surface area contributed by atoms with Gasteiger partial charge in [0.1, 0.15) is 12.1 Å². The van der Waals surface area contributed by atoms with Gasteiger partial charge in [0, 0.05) is 26.2 Å². The summed E-state index contributed by atoms with van der Waals surface area (Å²) < 4.78 is 5.27. The Balaban J connectivity index is 2.08. The van der Waals surface area contributed by atoms with Gasteiger partial charge in [-0.2, -0.15) is 0 Å². The first-order valence-corrected chi connectivity index (χ1v) is 7.19. The number of hydrogen-bond donors (Lipinski definition) is 5. The van der Waals surface area contributed by atoms with E-state index in [-0.39, 0.29) is 11.8 Å². The van der Waals surface area contributed by atoms with E-state index in [0.717, 1.165) is 0 Å². The van der Waals surface area contributed by atoms with Crippen LogP contribution in [0.25, 0.3) is 0 Å². The SMILES string of the molecule is N[C@@H](CO)c1nnc([C@H](CC(=O)O)NC(=O)N2CCNCC2)o1. The number of rotatable bonds is 6. The Hall–Kier alpha value is -2.24. The lowest BCUT2D eigenvalue weighted by molar-refractivity contribution is -0.137. The summed E-state index contributed by atoms with van der Waals surface area (Å²) in [5, 5.41) is 31.1. The monoisotopic (exact) mass is 328 g/mol. The summed E-state index contributed by atoms with van der Waals surface area (Å²) in [7, 11) is 0. The standard InChI is InChI=1S/C12H20N6O5/c13-7(6-19)10-16-17-11(23-10)8(5-9(20)21)15-12(22)18-3-1-14-2-4-18/h7-8,14,19H,1-6,13H2,(H,15,22)(H,20,21)/t7-,8-/m0/s1. The molecule has 1 aliphatic heterocycles. The number of aromatic nitrogens is 2. The van der Waals surface area contributed by atoms with Crippen LogP contribution in [-0.4, -0.2) is 70.1 Å². The Kier molecular flexibility index (Phi) is 5.84. The van der Waals surface area contributed by atoms with Gasteiger partial charge in [-0.15, -0.1) is 10.2 Å². The van der Waals surface area contributed by atoms with Crippen LogP contribution in [0.2, 0.25) is 0 Å². The van der Waals surface area contributed by atoms with Crippen molar-refractivity contribution in [2.24, 2.45) is 5.73 Å². The molecule has 2 heterocycles. The molecule has 0 saturated carbocycles. The number of hydrogen-bond acceptors (Lipinski definition) is 8. The highest BCUT2D eigenvalue weighted by Crippen LogP contribution is 2.18. The molecule has 2 atom stereocenters. The van der Waals surface area contributed by atoms with E-state index < -0.39 is 37.1 Å². The van der Waals surface area contributed by atoms with Crippen molar-refractivity contribution in [1.29, 1.82) is 0 Å². The van der Waals surface area contributed by atoms with Crippen LogP contribution in [0.15, 0.2) is 4.42 Å². The summed E-state index contributed by atoms with van der Waals surface area (Å²) in [6.45, 7) is 2.00. The number of aliphatic hydroxyl groups excluding tert-OH is 1. The van der Waals surface area contributed by atoms with Crippen molar-refractivity contribution in [1.82, 2.24) is 25.7 Å². The van der Waals surface area contributed by atoms with E-state index in [0.29, 0.717) is 26.2 Å². The molecule has 2 amide bonds. The Morgan fingerprint density at radius 3 is 2.61 bits per heavy atom. The molecule has 11 nitrogen and oxygen atoms in total. The summed E-state index contributed by atoms with van der Waals surface area (Å²) in [6.07, 6.45) is -0.409. The summed E-state index contributed by atoms with van der Waals surface area (Å²) in [4.78, 5) is 24.8. The van der Waals surface area contributed by atoms with Gasteiger partial charge in [-0.3, -0.25) is 4.79 Å². The Morgan fingerprint density at radius 1 is 1.35 bits per heavy atom. The fraction of sp³-hybridized carbons (Fsp3) is 0.667. The van der Waals surface area contributed by atoms with Crippen LogP contribution in [-0.2, 0) is 4.79 Å². The number of carbonyl (C=O) groups excluding carboxylic acids is 1. The number of urea groups is 1. The Labute approximate surface area is 131 Å². The smallest absolute Gasteiger partial charge is 0.318 e. The highest BCUT2D eigenvalue weighted by molar-refractivity contribution is 5.76. The maximum atomic E-state index is 12.2. The molecular weight excluding hydrogens is 308 g/mol. The molecule has 1 aliphatic rings. The molecule has 128 valence electrons. The maximum absolute atomic E-state index is 12.2. The molecule has 0 unspecified atom stereocenters. The third kappa shape index (κ3) is 4.61. The molecule has 0 spiro atoms. The average molecular weight is 328 g/mol. The van der Waals surface area contributed by atoms with Crippen molar-refractivity contribution in [2.75, 3.05) is 32.8 Å². The summed E-state index contributed by atoms with van der Waals surface area (Å²) in [6, 6.07) is -2.23. The van der Waals surface area contributed by atoms with E-state index in [1.807, 2.05) is 0 Å². The van der Waals surface area contributed by atoms with Gasteiger partial charge in [0.15, 0.2) is 0 Å². The number of nitrogens with two attached hydrogens (primary N) is 1. The van der Waals surface area contributed by atoms with Gasteiger partial charge in [0.25, 0.3) is 0 Å². The molecular formula is C12H20N6O5. The third-order valence-electron chi connectivity index (χ3n) is 3.35. The lowest BCUT2D eigenvalue weighted by Gasteiger charge is -2.28. The van der Waals surface area contributed by atoms with Gasteiger partial charge in [-0.25, -0.2) is 4.79 Å². The average Bonchev–Trinajstić information content (AvgIpc) is 3.03. The lowest BCUT2D eigenvalue weighted by Crippen LogP contribution is -2.51. The number of carboxylic acids is 1. The predicted molar refractivity (Wildman–Crippen MR) is 76.3 cm³/mol. The quantitative estimate of drug-likeness (QED) is 0.404. The third-order valence-corrected chi connectivity index (χ3v) is 3.35. The molecule has 11 heteroatoms. The minimum Gasteiger partial charge on any atom is -0.481 e. The van der Waals surface area contributed by atoms with Crippen LogP contribution in [0.4, 0.5) is 4.79 Å². The Morgan fingerprint density at radius 2 is 2.00 bits per heavy atom. The lowest BCUT2D eigenvalue weighted by atomic mass is 10.2. The van der Waals surface area contributed by atoms with Crippen LogP contribution in [0, 0.1) is 0 Å². The second-order valence-corrected chi connectivity index (χ2v) is 5.10. The second-order valence-electron chi connectivity index (χ2n) is 5.10. The molecule has 2 rings (SSSR count). The highest BCUT2D eigenvalue weighted by atomic mass is 16.4. The topological polar surface area (TPSA) is 167 Å². The van der Waals surface area contributed by atoms with Crippen molar-refractivity contribution in [3.05, 3.63) is 11.8 Å².